The summed E-state index contributed by atoms with van der Waals surface area (Å²) in [5.41, 5.74) is 1.91. The van der Waals surface area contributed by atoms with Gasteiger partial charge in [0.05, 0.1) is 23.2 Å². The monoisotopic (exact) mass is 383 g/mol. The van der Waals surface area contributed by atoms with E-state index in [0.717, 1.165) is 18.5 Å². The number of fused-ring (bicyclic) bond motifs is 1. The summed E-state index contributed by atoms with van der Waals surface area (Å²) in [7, 11) is 0. The second kappa shape index (κ2) is 7.06. The lowest BCUT2D eigenvalue weighted by Crippen LogP contribution is -2.35. The second-order valence-corrected chi connectivity index (χ2v) is 7.23. The number of carbonyl (C=O) groups excluding carboxylic acids is 1. The Kier molecular flexibility index (Phi) is 4.58. The fraction of sp³-hybridized carbons (Fsp3) is 0.421. The molecular weight excluding hydrogens is 362 g/mol. The number of hydrogen-bond acceptors (Lipinski definition) is 5. The van der Waals surface area contributed by atoms with Crippen molar-refractivity contribution >= 4 is 17.7 Å². The van der Waals surface area contributed by atoms with Crippen LogP contribution in [0.4, 0.5) is 5.82 Å². The number of aromatic nitrogens is 4. The van der Waals surface area contributed by atoms with E-state index in [2.05, 4.69) is 20.4 Å². The summed E-state index contributed by atoms with van der Waals surface area (Å²) in [5.74, 6) is -2.21. The molecule has 0 fully saturated rings. The Hall–Kier alpha value is -3.23. The number of carboxylic acid groups (broad SMARTS) is 1. The molecule has 3 N–H and O–H groups in total. The zero-order valence-corrected chi connectivity index (χ0v) is 15.4. The number of nitrogens with zero attached hydrogens (tertiary/aromatic N) is 3. The van der Waals surface area contributed by atoms with Gasteiger partial charge in [0.25, 0.3) is 5.56 Å². The molecule has 2 aromatic rings. The zero-order valence-electron chi connectivity index (χ0n) is 15.4. The molecular formula is C19H21N5O4. The van der Waals surface area contributed by atoms with Gasteiger partial charge in [-0.1, -0.05) is 12.2 Å². The van der Waals surface area contributed by atoms with Crippen molar-refractivity contribution < 1.29 is 14.7 Å². The Morgan fingerprint density at radius 1 is 1.25 bits per heavy atom. The van der Waals surface area contributed by atoms with Crippen LogP contribution in [0.5, 0.6) is 0 Å². The molecule has 2 aliphatic rings. The molecule has 4 rings (SSSR count). The van der Waals surface area contributed by atoms with Gasteiger partial charge in [0.15, 0.2) is 0 Å². The number of hydrogen-bond donors (Lipinski definition) is 3. The molecule has 2 aromatic heterocycles. The van der Waals surface area contributed by atoms with Gasteiger partial charge >= 0.3 is 5.97 Å². The molecule has 0 saturated heterocycles. The van der Waals surface area contributed by atoms with E-state index in [-0.39, 0.29) is 17.4 Å². The highest BCUT2D eigenvalue weighted by Gasteiger charge is 2.34. The molecule has 0 saturated carbocycles. The van der Waals surface area contributed by atoms with Crippen LogP contribution in [0.1, 0.15) is 36.2 Å². The van der Waals surface area contributed by atoms with Crippen LogP contribution in [-0.2, 0) is 22.4 Å². The first-order chi connectivity index (χ1) is 13.4. The first kappa shape index (κ1) is 18.1. The Morgan fingerprint density at radius 2 is 2.00 bits per heavy atom. The van der Waals surface area contributed by atoms with Crippen molar-refractivity contribution in [2.75, 3.05) is 5.32 Å². The van der Waals surface area contributed by atoms with Crippen LogP contribution < -0.4 is 10.9 Å². The number of rotatable bonds is 4. The van der Waals surface area contributed by atoms with Gasteiger partial charge in [-0.15, -0.1) is 0 Å². The van der Waals surface area contributed by atoms with Gasteiger partial charge in [-0.3, -0.25) is 19.4 Å². The van der Waals surface area contributed by atoms with E-state index in [0.29, 0.717) is 36.3 Å². The second-order valence-electron chi connectivity index (χ2n) is 7.23. The minimum atomic E-state index is -0.987. The Labute approximate surface area is 160 Å². The Balaban J connectivity index is 1.65. The van der Waals surface area contributed by atoms with Crippen molar-refractivity contribution in [1.29, 1.82) is 0 Å². The van der Waals surface area contributed by atoms with E-state index < -0.39 is 17.8 Å². The fourth-order valence-electron chi connectivity index (χ4n) is 3.87. The maximum Gasteiger partial charge on any atom is 0.307 e. The van der Waals surface area contributed by atoms with Gasteiger partial charge in [0.2, 0.25) is 11.9 Å². The molecule has 28 heavy (non-hydrogen) atoms. The van der Waals surface area contributed by atoms with Crippen molar-refractivity contribution in [3.8, 4) is 5.95 Å². The zero-order chi connectivity index (χ0) is 19.8. The van der Waals surface area contributed by atoms with Gasteiger partial charge in [-0.2, -0.15) is 9.78 Å². The highest BCUT2D eigenvalue weighted by Crippen LogP contribution is 2.28. The van der Waals surface area contributed by atoms with Crippen LogP contribution in [0.2, 0.25) is 0 Å². The van der Waals surface area contributed by atoms with Crippen molar-refractivity contribution in [3.63, 3.8) is 0 Å². The molecule has 0 radical (unpaired) electrons. The molecule has 2 atom stereocenters. The summed E-state index contributed by atoms with van der Waals surface area (Å²) in [5, 5.41) is 16.5. The van der Waals surface area contributed by atoms with Gasteiger partial charge in [0.1, 0.15) is 5.82 Å². The molecule has 146 valence electrons. The van der Waals surface area contributed by atoms with E-state index >= 15 is 0 Å². The molecule has 0 unspecified atom stereocenters. The predicted molar refractivity (Wildman–Crippen MR) is 100 cm³/mol. The van der Waals surface area contributed by atoms with Crippen LogP contribution in [-0.4, -0.2) is 36.7 Å². The van der Waals surface area contributed by atoms with E-state index in [9.17, 15) is 19.5 Å². The van der Waals surface area contributed by atoms with Gasteiger partial charge in [-0.25, -0.2) is 4.98 Å². The Bertz CT molecular complexity index is 1040. The summed E-state index contributed by atoms with van der Waals surface area (Å²) in [6.45, 7) is 1.76. The van der Waals surface area contributed by atoms with E-state index in [1.165, 1.54) is 4.68 Å². The standard InChI is InChI=1S/C19H21N5O4/c1-10-9-15(21-16(25)11-5-2-3-6-12(11)18(27)28)24(23-10)19-20-14-8-4-7-13(14)17(26)22-19/h2-3,9,11-12H,4-8H2,1H3,(H,21,25)(H,27,28)(H,20,22,26)/t11-,12+/m0/s1. The lowest BCUT2D eigenvalue weighted by atomic mass is 9.82. The number of H-pyrrole nitrogens is 1. The van der Waals surface area contributed by atoms with Crippen LogP contribution in [0.3, 0.4) is 0 Å². The van der Waals surface area contributed by atoms with Crippen LogP contribution in [0.25, 0.3) is 5.95 Å². The number of carbonyl (C=O) groups is 2. The summed E-state index contributed by atoms with van der Waals surface area (Å²) in [6.07, 6.45) is 6.65. The lowest BCUT2D eigenvalue weighted by molar-refractivity contribution is -0.146. The SMILES string of the molecule is Cc1cc(NC(=O)[C@H]2CC=CC[C@H]2C(=O)O)n(-c2nc3c(c(=O)[nH]2)CCC3)n1. The third kappa shape index (κ3) is 3.23. The topological polar surface area (TPSA) is 130 Å². The van der Waals surface area contributed by atoms with Crippen LogP contribution in [0.15, 0.2) is 23.0 Å². The highest BCUT2D eigenvalue weighted by atomic mass is 16.4. The van der Waals surface area contributed by atoms with E-state index in [4.69, 9.17) is 0 Å². The Morgan fingerprint density at radius 3 is 2.75 bits per heavy atom. The largest absolute Gasteiger partial charge is 0.481 e. The van der Waals surface area contributed by atoms with E-state index in [1.807, 2.05) is 6.08 Å². The first-order valence-electron chi connectivity index (χ1n) is 9.32. The summed E-state index contributed by atoms with van der Waals surface area (Å²) in [6, 6.07) is 1.67. The number of anilines is 1. The lowest BCUT2D eigenvalue weighted by Gasteiger charge is -2.24. The molecule has 1 amide bonds. The summed E-state index contributed by atoms with van der Waals surface area (Å²) < 4.78 is 1.39. The average molecular weight is 383 g/mol. The summed E-state index contributed by atoms with van der Waals surface area (Å²) in [4.78, 5) is 43.8. The molecule has 0 aromatic carbocycles. The number of aryl methyl sites for hydroxylation is 2. The molecule has 2 aliphatic carbocycles. The van der Waals surface area contributed by atoms with Crippen molar-refractivity contribution in [3.05, 3.63) is 45.5 Å². The van der Waals surface area contributed by atoms with Crippen LogP contribution in [0, 0.1) is 18.8 Å². The number of allylic oxidation sites excluding steroid dienone is 2. The smallest absolute Gasteiger partial charge is 0.307 e. The first-order valence-corrected chi connectivity index (χ1v) is 9.32. The number of carboxylic acids is 1. The molecule has 0 spiro atoms. The third-order valence-corrected chi connectivity index (χ3v) is 5.30. The van der Waals surface area contributed by atoms with E-state index in [1.54, 1.807) is 19.1 Å². The number of aliphatic carboxylic acids is 1. The fourth-order valence-corrected chi connectivity index (χ4v) is 3.87. The number of aromatic amines is 1. The minimum Gasteiger partial charge on any atom is -0.481 e. The molecule has 0 aliphatic heterocycles. The number of amides is 1. The van der Waals surface area contributed by atoms with Gasteiger partial charge in [0, 0.05) is 11.6 Å². The highest BCUT2D eigenvalue weighted by molar-refractivity contribution is 5.95. The molecule has 9 heteroatoms. The van der Waals surface area contributed by atoms with Crippen LogP contribution >= 0.6 is 0 Å². The number of nitrogens with one attached hydrogen (secondary N) is 2. The van der Waals surface area contributed by atoms with Crippen molar-refractivity contribution in [2.45, 2.75) is 39.0 Å². The quantitative estimate of drug-likeness (QED) is 0.684. The summed E-state index contributed by atoms with van der Waals surface area (Å²) >= 11 is 0. The average Bonchev–Trinajstić information content (AvgIpc) is 3.28. The normalized spacial score (nSPS) is 20.8. The molecule has 0 bridgehead atoms. The minimum absolute atomic E-state index is 0.189. The maximum atomic E-state index is 12.8. The van der Waals surface area contributed by atoms with Crippen molar-refractivity contribution in [1.82, 2.24) is 19.7 Å². The third-order valence-electron chi connectivity index (χ3n) is 5.30. The molecule has 2 heterocycles. The van der Waals surface area contributed by atoms with Gasteiger partial charge in [-0.05, 0) is 39.0 Å². The van der Waals surface area contributed by atoms with Gasteiger partial charge < -0.3 is 10.4 Å². The maximum absolute atomic E-state index is 12.8. The van der Waals surface area contributed by atoms with Crippen molar-refractivity contribution in [2.24, 2.45) is 11.8 Å². The predicted octanol–water partition coefficient (Wildman–Crippen LogP) is 1.36. The molecule has 9 nitrogen and oxygen atoms in total.